The van der Waals surface area contributed by atoms with Crippen LogP contribution >= 0.6 is 15.9 Å². The third-order valence-electron chi connectivity index (χ3n) is 2.66. The molecule has 1 aromatic rings. The summed E-state index contributed by atoms with van der Waals surface area (Å²) in [5, 5.41) is 13.7. The first kappa shape index (κ1) is 11.1. The maximum absolute atomic E-state index is 9.93. The van der Waals surface area contributed by atoms with Crippen molar-refractivity contribution < 1.29 is 9.63 Å². The van der Waals surface area contributed by atoms with E-state index in [1.165, 1.54) is 0 Å². The average molecular weight is 275 g/mol. The normalized spacial score (nSPS) is 28.2. The molecule has 15 heavy (non-hydrogen) atoms. The number of rotatable bonds is 2. The lowest BCUT2D eigenvalue weighted by atomic mass is 9.95. The van der Waals surface area contributed by atoms with Crippen LogP contribution in [0.2, 0.25) is 0 Å². The van der Waals surface area contributed by atoms with E-state index >= 15 is 0 Å². The first-order valence-electron chi connectivity index (χ1n) is 5.11. The molecule has 0 radical (unpaired) electrons. The molecule has 0 aromatic carbocycles. The molecule has 84 valence electrons. The van der Waals surface area contributed by atoms with Gasteiger partial charge in [0.05, 0.1) is 12.1 Å². The minimum absolute atomic E-state index is 0.560. The van der Waals surface area contributed by atoms with Crippen LogP contribution in [0.5, 0.6) is 0 Å². The fourth-order valence-electron chi connectivity index (χ4n) is 2.04. The number of nitrogens with zero attached hydrogens (tertiary/aromatic N) is 2. The van der Waals surface area contributed by atoms with Gasteiger partial charge in [-0.25, -0.2) is 0 Å². The fourth-order valence-corrected chi connectivity index (χ4v) is 2.37. The summed E-state index contributed by atoms with van der Waals surface area (Å²) in [5.41, 5.74) is -0.560. The van der Waals surface area contributed by atoms with Crippen molar-refractivity contribution >= 4 is 15.9 Å². The molecule has 1 unspecified atom stereocenters. The quantitative estimate of drug-likeness (QED) is 0.894. The van der Waals surface area contributed by atoms with Crippen molar-refractivity contribution in [3.63, 3.8) is 0 Å². The number of hydrogen-bond donors (Lipinski definition) is 1. The Morgan fingerprint density at radius 3 is 3.13 bits per heavy atom. The molecule has 0 spiro atoms. The second-order valence-corrected chi connectivity index (χ2v) is 5.24. The number of aliphatic hydroxyl groups is 1. The van der Waals surface area contributed by atoms with Crippen LogP contribution in [-0.4, -0.2) is 33.9 Å². The lowest BCUT2D eigenvalue weighted by Gasteiger charge is -2.36. The van der Waals surface area contributed by atoms with E-state index in [1.54, 1.807) is 0 Å². The van der Waals surface area contributed by atoms with Gasteiger partial charge in [-0.05, 0) is 42.2 Å². The summed E-state index contributed by atoms with van der Waals surface area (Å²) < 4.78 is 5.84. The Morgan fingerprint density at radius 1 is 1.73 bits per heavy atom. The molecular weight excluding hydrogens is 260 g/mol. The van der Waals surface area contributed by atoms with Gasteiger partial charge in [0.15, 0.2) is 5.76 Å². The van der Waals surface area contributed by atoms with Crippen LogP contribution in [0.1, 0.15) is 25.5 Å². The van der Waals surface area contributed by atoms with E-state index in [4.69, 9.17) is 4.52 Å². The summed E-state index contributed by atoms with van der Waals surface area (Å²) in [4.78, 5) is 2.19. The molecule has 1 aromatic heterocycles. The smallest absolute Gasteiger partial charge is 0.151 e. The third kappa shape index (κ3) is 3.03. The van der Waals surface area contributed by atoms with Gasteiger partial charge in [0.2, 0.25) is 0 Å². The van der Waals surface area contributed by atoms with Crippen molar-refractivity contribution in [2.75, 3.05) is 13.1 Å². The van der Waals surface area contributed by atoms with Gasteiger partial charge in [0, 0.05) is 12.6 Å². The molecule has 1 fully saturated rings. The predicted octanol–water partition coefficient (Wildman–Crippen LogP) is 1.78. The lowest BCUT2D eigenvalue weighted by Crippen LogP contribution is -2.45. The fraction of sp³-hybridized carbons (Fsp3) is 0.700. The number of hydrogen-bond acceptors (Lipinski definition) is 4. The molecule has 1 atom stereocenters. The average Bonchev–Trinajstić information content (AvgIpc) is 2.49. The lowest BCUT2D eigenvalue weighted by molar-refractivity contribution is -0.0202. The third-order valence-corrected chi connectivity index (χ3v) is 3.04. The van der Waals surface area contributed by atoms with Gasteiger partial charge in [0.25, 0.3) is 0 Å². The summed E-state index contributed by atoms with van der Waals surface area (Å²) in [7, 11) is 0. The Labute approximate surface area is 97.4 Å². The summed E-state index contributed by atoms with van der Waals surface area (Å²) >= 11 is 3.25. The number of likely N-dealkylation sites (tertiary alicyclic amines) is 1. The van der Waals surface area contributed by atoms with Crippen LogP contribution in [0.25, 0.3) is 0 Å². The highest BCUT2D eigenvalue weighted by molar-refractivity contribution is 9.10. The molecule has 4 nitrogen and oxygen atoms in total. The topological polar surface area (TPSA) is 49.5 Å². The summed E-state index contributed by atoms with van der Waals surface area (Å²) in [6, 6.07) is 1.86. The Hall–Kier alpha value is -0.390. The second kappa shape index (κ2) is 4.23. The number of aromatic nitrogens is 1. The van der Waals surface area contributed by atoms with E-state index in [0.29, 0.717) is 6.54 Å². The largest absolute Gasteiger partial charge is 0.389 e. The van der Waals surface area contributed by atoms with Gasteiger partial charge < -0.3 is 9.63 Å². The van der Waals surface area contributed by atoms with E-state index in [2.05, 4.69) is 26.0 Å². The number of β-amino-alcohol motifs (C(OH)–C–C–N with tert-alkyl or cyclic N) is 1. The summed E-state index contributed by atoms with van der Waals surface area (Å²) in [6.45, 7) is 4.31. The molecule has 2 rings (SSSR count). The van der Waals surface area contributed by atoms with Crippen molar-refractivity contribution in [3.8, 4) is 0 Å². The van der Waals surface area contributed by atoms with E-state index in [9.17, 15) is 5.11 Å². The molecule has 1 aliphatic heterocycles. The van der Waals surface area contributed by atoms with Gasteiger partial charge in [-0.1, -0.05) is 5.16 Å². The number of halogens is 1. The highest BCUT2D eigenvalue weighted by Crippen LogP contribution is 2.22. The Morgan fingerprint density at radius 2 is 2.53 bits per heavy atom. The van der Waals surface area contributed by atoms with Gasteiger partial charge in [0.1, 0.15) is 4.60 Å². The molecule has 0 bridgehead atoms. The maximum atomic E-state index is 9.93. The molecular formula is C10H15BrN2O2. The Bertz CT molecular complexity index is 338. The summed E-state index contributed by atoms with van der Waals surface area (Å²) in [5.74, 6) is 0.833. The van der Waals surface area contributed by atoms with Crippen LogP contribution < -0.4 is 0 Å². The molecule has 2 heterocycles. The zero-order valence-corrected chi connectivity index (χ0v) is 10.3. The van der Waals surface area contributed by atoms with E-state index < -0.39 is 5.60 Å². The van der Waals surface area contributed by atoms with Gasteiger partial charge in [-0.3, -0.25) is 4.90 Å². The van der Waals surface area contributed by atoms with E-state index in [0.717, 1.165) is 36.3 Å². The van der Waals surface area contributed by atoms with Crippen LogP contribution in [-0.2, 0) is 6.54 Å². The molecule has 0 saturated carbocycles. The molecule has 1 aliphatic rings. The Kier molecular flexibility index (Phi) is 3.13. The minimum Gasteiger partial charge on any atom is -0.389 e. The molecule has 0 aliphatic carbocycles. The SMILES string of the molecule is CC1(O)CCCN(Cc2cc(Br)no2)C1. The summed E-state index contributed by atoms with van der Waals surface area (Å²) in [6.07, 6.45) is 1.91. The minimum atomic E-state index is -0.560. The van der Waals surface area contributed by atoms with E-state index in [1.807, 2.05) is 13.0 Å². The zero-order valence-electron chi connectivity index (χ0n) is 8.74. The maximum Gasteiger partial charge on any atom is 0.151 e. The Balaban J connectivity index is 1.95. The standard InChI is InChI=1S/C10H15BrN2O2/c1-10(14)3-2-4-13(7-10)6-8-5-9(11)12-15-8/h5,14H,2-4,6-7H2,1H3. The molecule has 0 amide bonds. The van der Waals surface area contributed by atoms with Crippen LogP contribution in [0.3, 0.4) is 0 Å². The van der Waals surface area contributed by atoms with Crippen molar-refractivity contribution in [1.29, 1.82) is 0 Å². The highest BCUT2D eigenvalue weighted by Gasteiger charge is 2.28. The zero-order chi connectivity index (χ0) is 10.9. The van der Waals surface area contributed by atoms with Crippen molar-refractivity contribution in [2.24, 2.45) is 0 Å². The first-order chi connectivity index (χ1) is 7.05. The monoisotopic (exact) mass is 274 g/mol. The van der Waals surface area contributed by atoms with Gasteiger partial charge >= 0.3 is 0 Å². The first-order valence-corrected chi connectivity index (χ1v) is 5.90. The van der Waals surface area contributed by atoms with Crippen LogP contribution in [0.4, 0.5) is 0 Å². The number of piperidine rings is 1. The van der Waals surface area contributed by atoms with E-state index in [-0.39, 0.29) is 0 Å². The predicted molar refractivity (Wildman–Crippen MR) is 59.3 cm³/mol. The van der Waals surface area contributed by atoms with Gasteiger partial charge in [-0.2, -0.15) is 0 Å². The highest BCUT2D eigenvalue weighted by atomic mass is 79.9. The second-order valence-electron chi connectivity index (χ2n) is 4.43. The molecule has 5 heteroatoms. The van der Waals surface area contributed by atoms with Gasteiger partial charge in [-0.15, -0.1) is 0 Å². The van der Waals surface area contributed by atoms with Crippen LogP contribution in [0, 0.1) is 0 Å². The molecule has 1 saturated heterocycles. The van der Waals surface area contributed by atoms with Crippen LogP contribution in [0.15, 0.2) is 15.2 Å². The van der Waals surface area contributed by atoms with Crippen molar-refractivity contribution in [3.05, 3.63) is 16.4 Å². The van der Waals surface area contributed by atoms with Crippen molar-refractivity contribution in [1.82, 2.24) is 10.1 Å². The molecule has 1 N–H and O–H groups in total. The van der Waals surface area contributed by atoms with Crippen molar-refractivity contribution in [2.45, 2.75) is 31.9 Å².